The van der Waals surface area contributed by atoms with Gasteiger partial charge in [0.2, 0.25) is 0 Å². The van der Waals surface area contributed by atoms with Gasteiger partial charge in [-0.1, -0.05) is 12.2 Å². The molecule has 0 spiro atoms. The lowest BCUT2D eigenvalue weighted by molar-refractivity contribution is 0.623. The molecule has 0 aliphatic rings. The van der Waals surface area contributed by atoms with E-state index >= 15 is 0 Å². The summed E-state index contributed by atoms with van der Waals surface area (Å²) in [7, 11) is 0. The van der Waals surface area contributed by atoms with Crippen LogP contribution in [0.1, 0.15) is 5.56 Å². The van der Waals surface area contributed by atoms with Crippen LogP contribution in [0.2, 0.25) is 0 Å². The molecule has 1 rings (SSSR count). The predicted octanol–water partition coefficient (Wildman–Crippen LogP) is 2.39. The number of nitrogens with one attached hydrogen (secondary N) is 1. The standard InChI is InChI=1S/C11H11BrFN3/c12-10-8(7-15)3-4-9(11(10)13)16-6-2-1-5-14/h1-4,16H,5-6,14H2/b2-1+. The number of rotatable bonds is 4. The number of hydrogen-bond donors (Lipinski definition) is 2. The van der Waals surface area contributed by atoms with Crippen molar-refractivity contribution >= 4 is 21.6 Å². The molecule has 0 radical (unpaired) electrons. The molecular weight excluding hydrogens is 273 g/mol. The molecular formula is C11H11BrFN3. The topological polar surface area (TPSA) is 61.8 Å². The second-order valence-corrected chi connectivity index (χ2v) is 3.78. The molecule has 16 heavy (non-hydrogen) atoms. The van der Waals surface area contributed by atoms with Gasteiger partial charge in [-0.05, 0) is 28.1 Å². The summed E-state index contributed by atoms with van der Waals surface area (Å²) in [6, 6.07) is 4.99. The molecule has 0 amide bonds. The van der Waals surface area contributed by atoms with E-state index in [0.717, 1.165) is 0 Å². The molecule has 0 saturated carbocycles. The van der Waals surface area contributed by atoms with Crippen molar-refractivity contribution in [1.29, 1.82) is 5.26 Å². The van der Waals surface area contributed by atoms with Crippen molar-refractivity contribution in [3.8, 4) is 6.07 Å². The number of halogens is 2. The van der Waals surface area contributed by atoms with E-state index in [1.165, 1.54) is 6.07 Å². The van der Waals surface area contributed by atoms with E-state index in [4.69, 9.17) is 11.0 Å². The first-order chi connectivity index (χ1) is 7.70. The van der Waals surface area contributed by atoms with Crippen molar-refractivity contribution in [1.82, 2.24) is 0 Å². The lowest BCUT2D eigenvalue weighted by atomic mass is 10.2. The number of nitrogens with zero attached hydrogens (tertiary/aromatic N) is 1. The predicted molar refractivity (Wildman–Crippen MR) is 65.5 cm³/mol. The molecule has 0 aromatic heterocycles. The first-order valence-corrected chi connectivity index (χ1v) is 5.47. The molecule has 0 heterocycles. The van der Waals surface area contributed by atoms with Crippen molar-refractivity contribution < 1.29 is 4.39 Å². The smallest absolute Gasteiger partial charge is 0.161 e. The minimum Gasteiger partial charge on any atom is -0.379 e. The minimum atomic E-state index is -0.458. The molecule has 0 aliphatic heterocycles. The normalized spacial score (nSPS) is 10.4. The maximum atomic E-state index is 13.6. The number of anilines is 1. The monoisotopic (exact) mass is 283 g/mol. The van der Waals surface area contributed by atoms with Crippen LogP contribution in [0.3, 0.4) is 0 Å². The molecule has 0 fully saturated rings. The lowest BCUT2D eigenvalue weighted by Crippen LogP contribution is -2.03. The molecule has 0 atom stereocenters. The Kier molecular flexibility index (Phi) is 4.96. The highest BCUT2D eigenvalue weighted by Gasteiger charge is 2.09. The van der Waals surface area contributed by atoms with E-state index in [2.05, 4.69) is 21.2 Å². The molecule has 0 unspecified atom stereocenters. The van der Waals surface area contributed by atoms with E-state index in [0.29, 0.717) is 18.8 Å². The molecule has 1 aromatic carbocycles. The highest BCUT2D eigenvalue weighted by molar-refractivity contribution is 9.10. The zero-order chi connectivity index (χ0) is 12.0. The van der Waals surface area contributed by atoms with E-state index in [1.54, 1.807) is 12.1 Å². The van der Waals surface area contributed by atoms with Crippen molar-refractivity contribution in [2.24, 2.45) is 5.73 Å². The van der Waals surface area contributed by atoms with Crippen LogP contribution in [-0.4, -0.2) is 13.1 Å². The summed E-state index contributed by atoms with van der Waals surface area (Å²) in [6.07, 6.45) is 3.59. The van der Waals surface area contributed by atoms with Crippen LogP contribution in [-0.2, 0) is 0 Å². The molecule has 5 heteroatoms. The van der Waals surface area contributed by atoms with Crippen LogP contribution < -0.4 is 11.1 Å². The van der Waals surface area contributed by atoms with Gasteiger partial charge in [0, 0.05) is 13.1 Å². The highest BCUT2D eigenvalue weighted by atomic mass is 79.9. The fourth-order valence-electron chi connectivity index (χ4n) is 1.12. The summed E-state index contributed by atoms with van der Waals surface area (Å²) in [5.74, 6) is -0.458. The molecule has 3 N–H and O–H groups in total. The SMILES string of the molecule is N#Cc1ccc(NC/C=C/CN)c(F)c1Br. The number of hydrogen-bond acceptors (Lipinski definition) is 3. The van der Waals surface area contributed by atoms with Crippen LogP contribution in [0.25, 0.3) is 0 Å². The first-order valence-electron chi connectivity index (χ1n) is 4.67. The third-order valence-electron chi connectivity index (χ3n) is 1.92. The number of nitrogens with two attached hydrogens (primary N) is 1. The average molecular weight is 284 g/mol. The van der Waals surface area contributed by atoms with Gasteiger partial charge in [0.1, 0.15) is 6.07 Å². The average Bonchev–Trinajstić information content (AvgIpc) is 2.30. The second-order valence-electron chi connectivity index (χ2n) is 2.99. The Morgan fingerprint density at radius 1 is 1.50 bits per heavy atom. The lowest BCUT2D eigenvalue weighted by Gasteiger charge is -2.07. The Balaban J connectivity index is 2.80. The van der Waals surface area contributed by atoms with Crippen LogP contribution >= 0.6 is 15.9 Å². The van der Waals surface area contributed by atoms with Gasteiger partial charge < -0.3 is 11.1 Å². The summed E-state index contributed by atoms with van der Waals surface area (Å²) in [6.45, 7) is 0.952. The molecule has 0 bridgehead atoms. The zero-order valence-electron chi connectivity index (χ0n) is 8.50. The van der Waals surface area contributed by atoms with Gasteiger partial charge in [-0.15, -0.1) is 0 Å². The first kappa shape index (κ1) is 12.7. The van der Waals surface area contributed by atoms with E-state index in [9.17, 15) is 4.39 Å². The van der Waals surface area contributed by atoms with Gasteiger partial charge in [-0.25, -0.2) is 4.39 Å². The zero-order valence-corrected chi connectivity index (χ0v) is 10.1. The van der Waals surface area contributed by atoms with Crippen LogP contribution in [0, 0.1) is 17.1 Å². The van der Waals surface area contributed by atoms with Gasteiger partial charge >= 0.3 is 0 Å². The molecule has 84 valence electrons. The number of benzene rings is 1. The largest absolute Gasteiger partial charge is 0.379 e. The van der Waals surface area contributed by atoms with Crippen LogP contribution in [0.15, 0.2) is 28.8 Å². The summed E-state index contributed by atoms with van der Waals surface area (Å²) < 4.78 is 13.8. The van der Waals surface area contributed by atoms with Gasteiger partial charge in [-0.3, -0.25) is 0 Å². The third-order valence-corrected chi connectivity index (χ3v) is 2.69. The van der Waals surface area contributed by atoms with Crippen molar-refractivity contribution in [2.75, 3.05) is 18.4 Å². The summed E-state index contributed by atoms with van der Waals surface area (Å²) in [5.41, 5.74) is 5.90. The number of nitriles is 1. The van der Waals surface area contributed by atoms with E-state index < -0.39 is 5.82 Å². The molecule has 3 nitrogen and oxygen atoms in total. The summed E-state index contributed by atoms with van der Waals surface area (Å²) in [4.78, 5) is 0. The van der Waals surface area contributed by atoms with Gasteiger partial charge in [0.05, 0.1) is 15.7 Å². The van der Waals surface area contributed by atoms with Gasteiger partial charge in [0.25, 0.3) is 0 Å². The third kappa shape index (κ3) is 3.05. The molecule has 1 aromatic rings. The highest BCUT2D eigenvalue weighted by Crippen LogP contribution is 2.26. The Bertz CT molecular complexity index is 438. The van der Waals surface area contributed by atoms with E-state index in [1.807, 2.05) is 12.1 Å². The van der Waals surface area contributed by atoms with Crippen molar-refractivity contribution in [3.63, 3.8) is 0 Å². The quantitative estimate of drug-likeness (QED) is 0.834. The second kappa shape index (κ2) is 6.26. The van der Waals surface area contributed by atoms with Gasteiger partial charge in [-0.2, -0.15) is 5.26 Å². The fraction of sp³-hybridized carbons (Fsp3) is 0.182. The fourth-order valence-corrected chi connectivity index (χ4v) is 1.56. The molecule has 0 saturated heterocycles. The van der Waals surface area contributed by atoms with Gasteiger partial charge in [0.15, 0.2) is 5.82 Å². The maximum absolute atomic E-state index is 13.6. The minimum absolute atomic E-state index is 0.183. The van der Waals surface area contributed by atoms with E-state index in [-0.39, 0.29) is 10.0 Å². The van der Waals surface area contributed by atoms with Crippen molar-refractivity contribution in [3.05, 3.63) is 40.1 Å². The van der Waals surface area contributed by atoms with Crippen LogP contribution in [0.4, 0.5) is 10.1 Å². The summed E-state index contributed by atoms with van der Waals surface area (Å²) in [5, 5.41) is 11.6. The Morgan fingerprint density at radius 2 is 2.25 bits per heavy atom. The Hall–Kier alpha value is -1.38. The Labute approximate surface area is 102 Å². The maximum Gasteiger partial charge on any atom is 0.161 e. The Morgan fingerprint density at radius 3 is 2.88 bits per heavy atom. The summed E-state index contributed by atoms with van der Waals surface area (Å²) >= 11 is 3.04. The molecule has 0 aliphatic carbocycles. The van der Waals surface area contributed by atoms with Crippen LogP contribution in [0.5, 0.6) is 0 Å². The van der Waals surface area contributed by atoms with Crippen molar-refractivity contribution in [2.45, 2.75) is 0 Å².